The minimum Gasteiger partial charge on any atom is -0.361 e. The zero-order chi connectivity index (χ0) is 16.5. The van der Waals surface area contributed by atoms with Crippen LogP contribution in [0.1, 0.15) is 69.4 Å². The molecule has 1 fully saturated rings. The van der Waals surface area contributed by atoms with Crippen molar-refractivity contribution in [3.05, 3.63) is 35.7 Å². The first-order valence-electron chi connectivity index (χ1n) is 9.38. The van der Waals surface area contributed by atoms with Crippen molar-refractivity contribution >= 4 is 5.69 Å². The molecule has 1 aliphatic heterocycles. The fraction of sp³-hybridized carbons (Fsp3) is 0.632. The predicted octanol–water partition coefficient (Wildman–Crippen LogP) is 3.94. The molecule has 1 aliphatic carbocycles. The first kappa shape index (κ1) is 15.6. The molecule has 0 unspecified atom stereocenters. The monoisotopic (exact) mass is 325 g/mol. The molecule has 0 spiro atoms. The molecule has 0 bridgehead atoms. The van der Waals surface area contributed by atoms with E-state index in [2.05, 4.69) is 63.2 Å². The van der Waals surface area contributed by atoms with E-state index in [1.165, 1.54) is 49.8 Å². The fourth-order valence-electron chi connectivity index (χ4n) is 4.45. The van der Waals surface area contributed by atoms with Crippen molar-refractivity contribution in [1.82, 2.24) is 20.2 Å². The Bertz CT molecular complexity index is 687. The van der Waals surface area contributed by atoms with Gasteiger partial charge in [-0.25, -0.2) is 4.68 Å². The zero-order valence-electron chi connectivity index (χ0n) is 14.7. The molecule has 2 aromatic rings. The lowest BCUT2D eigenvalue weighted by Crippen LogP contribution is -2.38. The molecule has 1 aromatic heterocycles. The van der Waals surface area contributed by atoms with E-state index in [9.17, 15) is 0 Å². The van der Waals surface area contributed by atoms with Gasteiger partial charge in [0, 0.05) is 12.2 Å². The van der Waals surface area contributed by atoms with Crippen molar-refractivity contribution in [3.63, 3.8) is 0 Å². The van der Waals surface area contributed by atoms with Gasteiger partial charge in [-0.1, -0.05) is 44.9 Å². The highest BCUT2D eigenvalue weighted by Crippen LogP contribution is 2.39. The van der Waals surface area contributed by atoms with Gasteiger partial charge >= 0.3 is 0 Å². The van der Waals surface area contributed by atoms with Crippen LogP contribution in [0, 0.1) is 5.92 Å². The fourth-order valence-corrected chi connectivity index (χ4v) is 4.45. The second kappa shape index (κ2) is 6.54. The first-order valence-corrected chi connectivity index (χ1v) is 9.38. The molecular formula is C19H27N5. The maximum Gasteiger partial charge on any atom is 0.174 e. The van der Waals surface area contributed by atoms with Crippen LogP contribution >= 0.6 is 0 Å². The van der Waals surface area contributed by atoms with Crippen LogP contribution in [0.3, 0.4) is 0 Å². The molecule has 5 nitrogen and oxygen atoms in total. The molecule has 128 valence electrons. The highest BCUT2D eigenvalue weighted by Gasteiger charge is 2.33. The van der Waals surface area contributed by atoms with Crippen LogP contribution < -0.4 is 4.90 Å². The number of hydrogen-bond acceptors (Lipinski definition) is 4. The van der Waals surface area contributed by atoms with Gasteiger partial charge in [0.2, 0.25) is 0 Å². The van der Waals surface area contributed by atoms with Gasteiger partial charge in [0.15, 0.2) is 5.82 Å². The van der Waals surface area contributed by atoms with Gasteiger partial charge in [0.25, 0.3) is 0 Å². The van der Waals surface area contributed by atoms with Crippen molar-refractivity contribution in [3.8, 4) is 0 Å². The van der Waals surface area contributed by atoms with E-state index in [1.54, 1.807) is 0 Å². The van der Waals surface area contributed by atoms with Crippen LogP contribution in [0.2, 0.25) is 0 Å². The van der Waals surface area contributed by atoms with Crippen LogP contribution in [-0.2, 0) is 6.42 Å². The number of fused-ring (bicyclic) bond motifs is 1. The standard InChI is InChI=1S/C19H27N5/c1-14(2)18(19-20-21-22-24(19)16-10-4-5-11-16)23-13-7-9-15-8-3-6-12-17(15)23/h3,6,8,12,14,16,18H,4-5,7,9-11,13H2,1-2H3/t18-/m0/s1. The Balaban J connectivity index is 1.73. The Kier molecular flexibility index (Phi) is 4.25. The van der Waals surface area contributed by atoms with E-state index < -0.39 is 0 Å². The number of aromatic nitrogens is 4. The summed E-state index contributed by atoms with van der Waals surface area (Å²) in [5.41, 5.74) is 2.82. The van der Waals surface area contributed by atoms with Crippen LogP contribution in [-0.4, -0.2) is 26.8 Å². The normalized spacial score (nSPS) is 19.7. The second-order valence-electron chi connectivity index (χ2n) is 7.53. The molecule has 0 amide bonds. The summed E-state index contributed by atoms with van der Waals surface area (Å²) < 4.78 is 2.13. The number of nitrogens with zero attached hydrogens (tertiary/aromatic N) is 5. The Morgan fingerprint density at radius 2 is 1.88 bits per heavy atom. The molecule has 5 heteroatoms. The van der Waals surface area contributed by atoms with E-state index in [0.717, 1.165) is 12.4 Å². The smallest absolute Gasteiger partial charge is 0.174 e. The number of benzene rings is 1. The number of hydrogen-bond donors (Lipinski definition) is 0. The molecule has 2 aliphatic rings. The molecule has 2 heterocycles. The van der Waals surface area contributed by atoms with Gasteiger partial charge in [-0.3, -0.25) is 0 Å². The summed E-state index contributed by atoms with van der Waals surface area (Å²) in [6, 6.07) is 9.54. The van der Waals surface area contributed by atoms with Crippen LogP contribution in [0.25, 0.3) is 0 Å². The number of rotatable bonds is 4. The molecule has 0 N–H and O–H groups in total. The lowest BCUT2D eigenvalue weighted by atomic mass is 9.94. The van der Waals surface area contributed by atoms with Crippen molar-refractivity contribution in [1.29, 1.82) is 0 Å². The highest BCUT2D eigenvalue weighted by atomic mass is 15.6. The Hall–Kier alpha value is -1.91. The van der Waals surface area contributed by atoms with E-state index in [0.29, 0.717) is 12.0 Å². The Morgan fingerprint density at radius 3 is 2.67 bits per heavy atom. The van der Waals surface area contributed by atoms with Gasteiger partial charge in [0.05, 0.1) is 12.1 Å². The largest absolute Gasteiger partial charge is 0.361 e. The van der Waals surface area contributed by atoms with Crippen LogP contribution in [0.5, 0.6) is 0 Å². The van der Waals surface area contributed by atoms with Crippen molar-refractivity contribution in [2.24, 2.45) is 5.92 Å². The zero-order valence-corrected chi connectivity index (χ0v) is 14.7. The first-order chi connectivity index (χ1) is 11.8. The van der Waals surface area contributed by atoms with E-state index in [4.69, 9.17) is 0 Å². The van der Waals surface area contributed by atoms with Gasteiger partial charge in [-0.15, -0.1) is 5.10 Å². The molecule has 1 aromatic carbocycles. The third kappa shape index (κ3) is 2.70. The Morgan fingerprint density at radius 1 is 1.08 bits per heavy atom. The summed E-state index contributed by atoms with van der Waals surface area (Å²) in [5.74, 6) is 1.51. The quantitative estimate of drug-likeness (QED) is 0.854. The molecular weight excluding hydrogens is 298 g/mol. The number of tetrazole rings is 1. The summed E-state index contributed by atoms with van der Waals surface area (Å²) >= 11 is 0. The SMILES string of the molecule is CC(C)[C@@H](c1nnnn1C1CCCC1)N1CCCc2ccccc21. The van der Waals surface area contributed by atoms with Gasteiger partial charge in [-0.2, -0.15) is 0 Å². The summed E-state index contributed by atoms with van der Waals surface area (Å²) in [6.07, 6.45) is 7.38. The average molecular weight is 325 g/mol. The average Bonchev–Trinajstić information content (AvgIpc) is 3.26. The van der Waals surface area contributed by atoms with Crippen LogP contribution in [0.15, 0.2) is 24.3 Å². The van der Waals surface area contributed by atoms with Crippen molar-refractivity contribution < 1.29 is 0 Å². The minimum absolute atomic E-state index is 0.238. The molecule has 4 rings (SSSR count). The summed E-state index contributed by atoms with van der Waals surface area (Å²) in [5, 5.41) is 12.9. The minimum atomic E-state index is 0.238. The number of anilines is 1. The van der Waals surface area contributed by atoms with Gasteiger partial charge in [-0.05, 0) is 53.7 Å². The van der Waals surface area contributed by atoms with Crippen molar-refractivity contribution in [2.45, 2.75) is 64.5 Å². The van der Waals surface area contributed by atoms with Gasteiger partial charge in [0.1, 0.15) is 0 Å². The molecule has 1 saturated carbocycles. The summed E-state index contributed by atoms with van der Waals surface area (Å²) in [4.78, 5) is 2.54. The number of para-hydroxylation sites is 1. The van der Waals surface area contributed by atoms with E-state index in [1.807, 2.05) is 0 Å². The lowest BCUT2D eigenvalue weighted by molar-refractivity contribution is 0.376. The lowest BCUT2D eigenvalue weighted by Gasteiger charge is -2.39. The predicted molar refractivity (Wildman–Crippen MR) is 95.0 cm³/mol. The summed E-state index contributed by atoms with van der Waals surface area (Å²) in [6.45, 7) is 5.66. The highest BCUT2D eigenvalue weighted by molar-refractivity contribution is 5.56. The topological polar surface area (TPSA) is 46.8 Å². The third-order valence-corrected chi connectivity index (χ3v) is 5.57. The number of aryl methyl sites for hydroxylation is 1. The maximum absolute atomic E-state index is 4.49. The third-order valence-electron chi connectivity index (χ3n) is 5.57. The van der Waals surface area contributed by atoms with Crippen LogP contribution in [0.4, 0.5) is 5.69 Å². The van der Waals surface area contributed by atoms with Gasteiger partial charge < -0.3 is 4.90 Å². The molecule has 1 atom stereocenters. The molecule has 0 radical (unpaired) electrons. The maximum atomic E-state index is 4.49. The van der Waals surface area contributed by atoms with E-state index in [-0.39, 0.29) is 6.04 Å². The second-order valence-corrected chi connectivity index (χ2v) is 7.53. The Labute approximate surface area is 144 Å². The van der Waals surface area contributed by atoms with Crippen molar-refractivity contribution in [2.75, 3.05) is 11.4 Å². The molecule has 24 heavy (non-hydrogen) atoms. The molecule has 0 saturated heterocycles. The van der Waals surface area contributed by atoms with E-state index >= 15 is 0 Å². The summed E-state index contributed by atoms with van der Waals surface area (Å²) in [7, 11) is 0.